The van der Waals surface area contributed by atoms with Crippen LogP contribution in [-0.2, 0) is 101 Å². The van der Waals surface area contributed by atoms with E-state index in [0.29, 0.717) is 135 Å². The Hall–Kier alpha value is -11.2. The molecule has 694 valence electrons. The summed E-state index contributed by atoms with van der Waals surface area (Å²) in [5.41, 5.74) is 0. The lowest BCUT2D eigenvalue weighted by Gasteiger charge is -2.33. The van der Waals surface area contributed by atoms with Crippen molar-refractivity contribution in [2.75, 3.05) is 137 Å². The van der Waals surface area contributed by atoms with Gasteiger partial charge in [0.05, 0.1) is 45.3 Å². The third-order valence-electron chi connectivity index (χ3n) is 28.3. The Morgan fingerprint density at radius 3 is 0.520 bits per heavy atom. The Morgan fingerprint density at radius 2 is 0.354 bits per heavy atom. The Kier molecular flexibility index (Phi) is 29.9. The van der Waals surface area contributed by atoms with Crippen LogP contribution in [0.1, 0.15) is 180 Å². The SMILES string of the molecule is O=C(O)CNC(=O)[C@@H]1CCCN1C(=O)[C@@H]1CCCN1C(=O)CNC(=O)[C@@H]1CCCN1C(=O)[C@@H]1CCCN1C(=O)CNC(=O)[C@@H]1CCCN1C(=O)[C@@H]1CCCN1C(=O)CNC(=O)[C@@H]1CCCN1C(=O)[C@@H]1CCCN1C(=O)CNC(=O)[C@@H]1CCCN1C(=O)[C@@H]1CCCN1C(=O)CNC(=O)[C@@H]1CCCN1C(=O)[C@@H]1CCCN1C(=O)CNC(=O)[C@@H]1CCCN1C(=O)[C@@H]1CCCN1. The van der Waals surface area contributed by atoms with Crippen LogP contribution in [0.5, 0.6) is 0 Å². The number of carboxylic acids is 1. The zero-order valence-corrected chi connectivity index (χ0v) is 72.1. The number of nitrogens with one attached hydrogen (secondary N) is 8. The summed E-state index contributed by atoms with van der Waals surface area (Å²) in [6.07, 6.45) is 11.9. The van der Waals surface area contributed by atoms with E-state index in [9.17, 15) is 101 Å². The number of rotatable bonds is 28. The van der Waals surface area contributed by atoms with Crippen molar-refractivity contribution in [3.05, 3.63) is 0 Å². The molecule has 0 radical (unpaired) electrons. The largest absolute Gasteiger partial charge is 0.480 e. The maximum absolute atomic E-state index is 14.4. The molecule has 0 aromatic heterocycles. The van der Waals surface area contributed by atoms with Crippen molar-refractivity contribution in [3.63, 3.8) is 0 Å². The number of carbonyl (C=O) groups excluding carboxylic acids is 20. The van der Waals surface area contributed by atoms with Crippen LogP contribution in [0.15, 0.2) is 0 Å². The molecule has 14 saturated heterocycles. The van der Waals surface area contributed by atoms with Gasteiger partial charge < -0.3 is 111 Å². The van der Waals surface area contributed by atoms with E-state index in [0.717, 1.165) is 13.0 Å². The fourth-order valence-electron chi connectivity index (χ4n) is 21.9. The standard InChI is InChI=1S/C84H121N21O22/c106-64(43-86-71(114)51-16-2-36-99(51)78(121)50-15-1-29-85-50)93-30-9-23-58(93)79(122)100-37-3-17-52(100)72(115)87-44-65(107)94-31-10-24-59(94)80(123)101-38-4-18-53(101)73(116)88-45-66(108)95-32-11-25-60(95)81(124)102-39-5-19-54(102)74(117)89-46-67(109)96-33-12-26-61(96)82(125)103-40-6-20-55(103)75(118)90-47-68(110)97-34-13-27-62(97)83(126)104-41-7-21-56(104)76(119)91-48-69(111)98-35-14-28-63(98)84(127)105-42-8-22-57(105)77(120)92-49-70(112)113/h50-63,85H,1-49H2,(H,86,114)(H,87,115)(H,88,116)(H,89,117)(H,90,118)(H,91,119)(H,92,120)(H,112,113)/t50-,51-,52-,53-,54-,55-,56-,57-,58-,59-,60-,61-,62-,63-/m0/s1. The molecule has 14 fully saturated rings. The van der Waals surface area contributed by atoms with Crippen molar-refractivity contribution in [2.45, 2.75) is 264 Å². The number of hydrogen-bond acceptors (Lipinski definition) is 22. The lowest BCUT2D eigenvalue weighted by Crippen LogP contribution is -2.57. The maximum Gasteiger partial charge on any atom is 0.322 e. The molecule has 0 aromatic rings. The number of amides is 20. The molecule has 14 aliphatic heterocycles. The topological polar surface area (TPSA) is 517 Å². The van der Waals surface area contributed by atoms with E-state index in [2.05, 4.69) is 42.5 Å². The van der Waals surface area contributed by atoms with Gasteiger partial charge in [0.25, 0.3) is 0 Å². The van der Waals surface area contributed by atoms with Gasteiger partial charge in [-0.1, -0.05) is 0 Å². The number of hydrogen-bond donors (Lipinski definition) is 9. The molecule has 0 spiro atoms. The molecule has 43 nitrogen and oxygen atoms in total. The van der Waals surface area contributed by atoms with Gasteiger partial charge in [0.15, 0.2) is 0 Å². The molecule has 0 bridgehead atoms. The summed E-state index contributed by atoms with van der Waals surface area (Å²) in [6, 6.07) is -12.3. The Labute approximate surface area is 734 Å². The van der Waals surface area contributed by atoms with Gasteiger partial charge in [0.2, 0.25) is 118 Å². The molecule has 0 aliphatic carbocycles. The first-order chi connectivity index (χ1) is 61.2. The van der Waals surface area contributed by atoms with E-state index < -0.39 is 236 Å². The maximum atomic E-state index is 14.4. The quantitative estimate of drug-likeness (QED) is 0.0352. The summed E-state index contributed by atoms with van der Waals surface area (Å²) < 4.78 is 0. The van der Waals surface area contributed by atoms with E-state index in [1.54, 1.807) is 4.90 Å². The molecule has 127 heavy (non-hydrogen) atoms. The molecule has 14 rings (SSSR count). The van der Waals surface area contributed by atoms with Crippen LogP contribution in [0.4, 0.5) is 0 Å². The molecule has 9 N–H and O–H groups in total. The molecular weight excluding hydrogens is 1660 g/mol. The van der Waals surface area contributed by atoms with Crippen molar-refractivity contribution >= 4 is 124 Å². The van der Waals surface area contributed by atoms with Crippen LogP contribution >= 0.6 is 0 Å². The molecule has 0 unspecified atom stereocenters. The number of nitrogens with zero attached hydrogens (tertiary/aromatic N) is 13. The first kappa shape index (κ1) is 92.0. The summed E-state index contributed by atoms with van der Waals surface area (Å²) in [7, 11) is 0. The third kappa shape index (κ3) is 20.2. The van der Waals surface area contributed by atoms with Crippen LogP contribution < -0.4 is 42.5 Å². The average Bonchev–Trinajstić information content (AvgIpc) is 1.68. The van der Waals surface area contributed by atoms with Gasteiger partial charge in [-0.15, -0.1) is 0 Å². The Morgan fingerprint density at radius 1 is 0.197 bits per heavy atom. The predicted octanol–water partition coefficient (Wildman–Crippen LogP) is -6.48. The van der Waals surface area contributed by atoms with E-state index >= 15 is 0 Å². The van der Waals surface area contributed by atoms with E-state index in [4.69, 9.17) is 5.11 Å². The summed E-state index contributed by atoms with van der Waals surface area (Å²) in [6.45, 7) is 0.304. The molecule has 14 atom stereocenters. The van der Waals surface area contributed by atoms with Gasteiger partial charge >= 0.3 is 5.97 Å². The third-order valence-corrected chi connectivity index (χ3v) is 28.3. The highest BCUT2D eigenvalue weighted by atomic mass is 16.4. The van der Waals surface area contributed by atoms with Gasteiger partial charge in [0, 0.05) is 85.1 Å². The van der Waals surface area contributed by atoms with Gasteiger partial charge in [0.1, 0.15) is 85.1 Å². The van der Waals surface area contributed by atoms with Crippen LogP contribution in [-0.4, -0.2) is 415 Å². The molecule has 0 aromatic carbocycles. The van der Waals surface area contributed by atoms with Crippen molar-refractivity contribution in [3.8, 4) is 0 Å². The lowest BCUT2D eigenvalue weighted by atomic mass is 10.1. The summed E-state index contributed by atoms with van der Waals surface area (Å²) in [4.78, 5) is 307. The van der Waals surface area contributed by atoms with E-state index in [1.165, 1.54) is 58.8 Å². The van der Waals surface area contributed by atoms with E-state index in [1.807, 2.05) is 0 Å². The summed E-state index contributed by atoms with van der Waals surface area (Å²) in [5.74, 6) is -11.3. The second kappa shape index (κ2) is 41.3. The second-order valence-electron chi connectivity index (χ2n) is 35.9. The highest BCUT2D eigenvalue weighted by molar-refractivity contribution is 6.02. The first-order valence-electron chi connectivity index (χ1n) is 46.0. The van der Waals surface area contributed by atoms with Crippen molar-refractivity contribution in [1.29, 1.82) is 0 Å². The van der Waals surface area contributed by atoms with Crippen molar-refractivity contribution < 1.29 is 106 Å². The van der Waals surface area contributed by atoms with E-state index in [-0.39, 0.29) is 142 Å². The minimum absolute atomic E-state index is 0.122. The van der Waals surface area contributed by atoms with Crippen LogP contribution in [0, 0.1) is 0 Å². The van der Waals surface area contributed by atoms with Crippen LogP contribution in [0.3, 0.4) is 0 Å². The molecule has 0 saturated carbocycles. The first-order valence-corrected chi connectivity index (χ1v) is 46.0. The highest BCUT2D eigenvalue weighted by Gasteiger charge is 2.51. The normalized spacial score (nSPS) is 28.1. The zero-order valence-electron chi connectivity index (χ0n) is 72.1. The summed E-state index contributed by atoms with van der Waals surface area (Å²) in [5, 5.41) is 30.6. The molecule has 43 heteroatoms. The zero-order chi connectivity index (χ0) is 90.0. The number of carboxylic acid groups (broad SMARTS) is 1. The Balaban J connectivity index is 0.490. The molecule has 20 amide bonds. The van der Waals surface area contributed by atoms with Crippen LogP contribution in [0.25, 0.3) is 0 Å². The van der Waals surface area contributed by atoms with Crippen LogP contribution in [0.2, 0.25) is 0 Å². The van der Waals surface area contributed by atoms with Gasteiger partial charge in [-0.05, 0) is 186 Å². The fourth-order valence-corrected chi connectivity index (χ4v) is 21.9. The molecular formula is C84H121N21O22. The average molecular weight is 1780 g/mol. The van der Waals surface area contributed by atoms with Gasteiger partial charge in [-0.3, -0.25) is 101 Å². The predicted molar refractivity (Wildman–Crippen MR) is 441 cm³/mol. The molecule has 14 heterocycles. The second-order valence-corrected chi connectivity index (χ2v) is 35.9. The van der Waals surface area contributed by atoms with Crippen molar-refractivity contribution in [1.82, 2.24) is 106 Å². The minimum atomic E-state index is -1.23. The monoisotopic (exact) mass is 1780 g/mol. The minimum Gasteiger partial charge on any atom is -0.480 e. The summed E-state index contributed by atoms with van der Waals surface area (Å²) >= 11 is 0. The number of aliphatic carboxylic acids is 1. The van der Waals surface area contributed by atoms with Gasteiger partial charge in [-0.25, -0.2) is 0 Å². The fraction of sp³-hybridized carbons (Fsp3) is 0.750. The highest BCUT2D eigenvalue weighted by Crippen LogP contribution is 2.34. The lowest BCUT2D eigenvalue weighted by molar-refractivity contribution is -0.148. The smallest absolute Gasteiger partial charge is 0.322 e. The van der Waals surface area contributed by atoms with Crippen molar-refractivity contribution in [2.24, 2.45) is 0 Å². The number of likely N-dealkylation sites (tertiary alicyclic amines) is 13. The van der Waals surface area contributed by atoms with Gasteiger partial charge in [-0.2, -0.15) is 0 Å². The number of carbonyl (C=O) groups is 21. The molecule has 14 aliphatic rings. The Bertz CT molecular complexity index is 4230.